The molecule has 0 spiro atoms. The lowest BCUT2D eigenvalue weighted by Gasteiger charge is -2.04. The van der Waals surface area contributed by atoms with Crippen molar-refractivity contribution >= 4 is 17.9 Å². The third-order valence-electron chi connectivity index (χ3n) is 2.09. The van der Waals surface area contributed by atoms with Crippen LogP contribution in [0.3, 0.4) is 0 Å². The summed E-state index contributed by atoms with van der Waals surface area (Å²) in [4.78, 5) is 32.5. The molecule has 6 heteroatoms. The molecule has 0 heterocycles. The lowest BCUT2D eigenvalue weighted by Crippen LogP contribution is -2.37. The molecule has 1 rings (SSSR count). The zero-order valence-corrected chi connectivity index (χ0v) is 9.72. The predicted molar refractivity (Wildman–Crippen MR) is 63.4 cm³/mol. The molecule has 3 amide bonds. The monoisotopic (exact) mass is 250 g/mol. The van der Waals surface area contributed by atoms with E-state index in [0.29, 0.717) is 6.42 Å². The predicted octanol–water partition coefficient (Wildman–Crippen LogP) is 0.357. The molecule has 0 radical (unpaired) electrons. The third kappa shape index (κ3) is 5.64. The number of amides is 3. The average molecular weight is 250 g/mol. The van der Waals surface area contributed by atoms with Gasteiger partial charge >= 0.3 is 12.0 Å². The van der Waals surface area contributed by atoms with Crippen molar-refractivity contribution in [3.05, 3.63) is 35.9 Å². The Morgan fingerprint density at radius 3 is 2.44 bits per heavy atom. The van der Waals surface area contributed by atoms with E-state index in [1.807, 2.05) is 30.3 Å². The third-order valence-corrected chi connectivity index (χ3v) is 2.09. The molecule has 0 aliphatic heterocycles. The van der Waals surface area contributed by atoms with Crippen LogP contribution in [0.2, 0.25) is 0 Å². The normalized spacial score (nSPS) is 9.56. The molecule has 1 aromatic carbocycles. The Hall–Kier alpha value is -2.37. The van der Waals surface area contributed by atoms with E-state index < -0.39 is 24.5 Å². The van der Waals surface area contributed by atoms with Crippen LogP contribution < -0.4 is 11.1 Å². The second-order valence-electron chi connectivity index (χ2n) is 3.56. The van der Waals surface area contributed by atoms with Crippen LogP contribution in [-0.4, -0.2) is 24.5 Å². The minimum absolute atomic E-state index is 0.174. The summed E-state index contributed by atoms with van der Waals surface area (Å²) in [7, 11) is 0. The number of nitrogens with one attached hydrogen (secondary N) is 1. The van der Waals surface area contributed by atoms with Gasteiger partial charge in [0.2, 0.25) is 0 Å². The highest BCUT2D eigenvalue weighted by molar-refractivity contribution is 5.94. The molecule has 0 fully saturated rings. The van der Waals surface area contributed by atoms with Crippen molar-refractivity contribution in [3.63, 3.8) is 0 Å². The van der Waals surface area contributed by atoms with Gasteiger partial charge in [-0.2, -0.15) is 0 Å². The summed E-state index contributed by atoms with van der Waals surface area (Å²) in [6.07, 6.45) is 0.713. The van der Waals surface area contributed by atoms with Crippen molar-refractivity contribution in [3.8, 4) is 0 Å². The largest absolute Gasteiger partial charge is 0.456 e. The van der Waals surface area contributed by atoms with E-state index in [-0.39, 0.29) is 6.42 Å². The smallest absolute Gasteiger partial charge is 0.318 e. The minimum atomic E-state index is -0.972. The van der Waals surface area contributed by atoms with E-state index in [1.54, 1.807) is 5.32 Å². The molecule has 0 saturated carbocycles. The number of hydrogen-bond donors (Lipinski definition) is 2. The number of imide groups is 1. The van der Waals surface area contributed by atoms with Crippen LogP contribution in [0.5, 0.6) is 0 Å². The molecule has 3 N–H and O–H groups in total. The maximum atomic E-state index is 11.3. The van der Waals surface area contributed by atoms with E-state index in [0.717, 1.165) is 5.56 Å². The topological polar surface area (TPSA) is 98.5 Å². The van der Waals surface area contributed by atoms with Gasteiger partial charge in [-0.15, -0.1) is 0 Å². The Labute approximate surface area is 104 Å². The number of carbonyl (C=O) groups excluding carboxylic acids is 3. The Morgan fingerprint density at radius 1 is 1.17 bits per heavy atom. The van der Waals surface area contributed by atoms with Gasteiger partial charge in [0.1, 0.15) is 0 Å². The Morgan fingerprint density at radius 2 is 1.83 bits per heavy atom. The van der Waals surface area contributed by atoms with Crippen molar-refractivity contribution in [1.29, 1.82) is 0 Å². The van der Waals surface area contributed by atoms with Crippen molar-refractivity contribution in [2.24, 2.45) is 5.73 Å². The highest BCUT2D eigenvalue weighted by Crippen LogP contribution is 2.03. The summed E-state index contributed by atoms with van der Waals surface area (Å²) < 4.78 is 4.67. The van der Waals surface area contributed by atoms with Crippen LogP contribution >= 0.6 is 0 Å². The molecular weight excluding hydrogens is 236 g/mol. The number of urea groups is 1. The summed E-state index contributed by atoms with van der Waals surface area (Å²) in [5.74, 6) is -1.24. The number of rotatable bonds is 5. The zero-order valence-electron chi connectivity index (χ0n) is 9.72. The van der Waals surface area contributed by atoms with Gasteiger partial charge < -0.3 is 10.5 Å². The van der Waals surface area contributed by atoms with E-state index in [4.69, 9.17) is 5.73 Å². The summed E-state index contributed by atoms with van der Waals surface area (Å²) in [5.41, 5.74) is 5.73. The number of aryl methyl sites for hydroxylation is 1. The lowest BCUT2D eigenvalue weighted by molar-refractivity contribution is -0.148. The molecule has 0 unspecified atom stereocenters. The fraction of sp³-hybridized carbons (Fsp3) is 0.250. The first-order valence-electron chi connectivity index (χ1n) is 5.37. The molecule has 0 saturated heterocycles. The summed E-state index contributed by atoms with van der Waals surface area (Å²) in [5, 5.41) is 1.79. The van der Waals surface area contributed by atoms with Crippen LogP contribution in [0.15, 0.2) is 30.3 Å². The molecule has 6 nitrogen and oxygen atoms in total. The number of carbonyl (C=O) groups is 3. The van der Waals surface area contributed by atoms with Crippen LogP contribution in [-0.2, 0) is 20.7 Å². The minimum Gasteiger partial charge on any atom is -0.456 e. The van der Waals surface area contributed by atoms with Gasteiger partial charge in [-0.05, 0) is 12.0 Å². The van der Waals surface area contributed by atoms with Gasteiger partial charge in [-0.25, -0.2) is 4.79 Å². The van der Waals surface area contributed by atoms with E-state index in [1.165, 1.54) is 0 Å². The fourth-order valence-electron chi connectivity index (χ4n) is 1.28. The van der Waals surface area contributed by atoms with Gasteiger partial charge in [0, 0.05) is 6.42 Å². The SMILES string of the molecule is NC(=O)NC(=O)COC(=O)CCc1ccccc1. The summed E-state index contributed by atoms with van der Waals surface area (Å²) in [6.45, 7) is -0.503. The lowest BCUT2D eigenvalue weighted by atomic mass is 10.1. The van der Waals surface area contributed by atoms with Crippen molar-refractivity contribution < 1.29 is 19.1 Å². The highest BCUT2D eigenvalue weighted by atomic mass is 16.5. The fourth-order valence-corrected chi connectivity index (χ4v) is 1.28. The first kappa shape index (κ1) is 13.7. The van der Waals surface area contributed by atoms with Crippen LogP contribution in [0, 0.1) is 0 Å². The van der Waals surface area contributed by atoms with E-state index in [2.05, 4.69) is 4.74 Å². The van der Waals surface area contributed by atoms with Crippen molar-refractivity contribution in [2.75, 3.05) is 6.61 Å². The van der Waals surface area contributed by atoms with Crippen LogP contribution in [0.1, 0.15) is 12.0 Å². The standard InChI is InChI=1S/C12H14N2O4/c13-12(17)14-10(15)8-18-11(16)7-6-9-4-2-1-3-5-9/h1-5H,6-8H2,(H3,13,14,15,17). The second kappa shape index (κ2) is 7.05. The molecule has 96 valence electrons. The van der Waals surface area contributed by atoms with Gasteiger partial charge in [0.05, 0.1) is 0 Å². The van der Waals surface area contributed by atoms with Gasteiger partial charge in [0.15, 0.2) is 6.61 Å². The van der Waals surface area contributed by atoms with Gasteiger partial charge in [0.25, 0.3) is 5.91 Å². The number of nitrogens with two attached hydrogens (primary N) is 1. The number of hydrogen-bond acceptors (Lipinski definition) is 4. The molecule has 0 aromatic heterocycles. The van der Waals surface area contributed by atoms with Crippen LogP contribution in [0.25, 0.3) is 0 Å². The average Bonchev–Trinajstić information content (AvgIpc) is 2.34. The van der Waals surface area contributed by atoms with Gasteiger partial charge in [-0.1, -0.05) is 30.3 Å². The number of esters is 1. The number of benzene rings is 1. The summed E-state index contributed by atoms with van der Waals surface area (Å²) in [6, 6.07) is 8.46. The zero-order chi connectivity index (χ0) is 13.4. The van der Waals surface area contributed by atoms with Crippen molar-refractivity contribution in [1.82, 2.24) is 5.32 Å². The Bertz CT molecular complexity index is 431. The molecule has 0 atom stereocenters. The molecule has 0 aliphatic carbocycles. The molecule has 0 aliphatic rings. The Kier molecular flexibility index (Phi) is 5.37. The summed E-state index contributed by atoms with van der Waals surface area (Å²) >= 11 is 0. The quantitative estimate of drug-likeness (QED) is 0.737. The maximum absolute atomic E-state index is 11.3. The number of primary amides is 1. The molecule has 0 bridgehead atoms. The Balaban J connectivity index is 2.22. The first-order chi connectivity index (χ1) is 8.58. The second-order valence-corrected chi connectivity index (χ2v) is 3.56. The van der Waals surface area contributed by atoms with Gasteiger partial charge in [-0.3, -0.25) is 14.9 Å². The van der Waals surface area contributed by atoms with Crippen molar-refractivity contribution in [2.45, 2.75) is 12.8 Å². The van der Waals surface area contributed by atoms with Crippen LogP contribution in [0.4, 0.5) is 4.79 Å². The molecular formula is C12H14N2O4. The highest BCUT2D eigenvalue weighted by Gasteiger charge is 2.08. The number of ether oxygens (including phenoxy) is 1. The first-order valence-corrected chi connectivity index (χ1v) is 5.37. The molecule has 1 aromatic rings. The molecule has 18 heavy (non-hydrogen) atoms. The maximum Gasteiger partial charge on any atom is 0.318 e. The van der Waals surface area contributed by atoms with E-state index >= 15 is 0 Å². The van der Waals surface area contributed by atoms with E-state index in [9.17, 15) is 14.4 Å².